The van der Waals surface area contributed by atoms with Gasteiger partial charge in [0.2, 0.25) is 0 Å². The maximum atomic E-state index is 11.6. The molecule has 0 aromatic heterocycles. The normalized spacial score (nSPS) is 29.5. The Balaban J connectivity index is 3.08. The molecule has 1 unspecified atom stereocenters. The van der Waals surface area contributed by atoms with E-state index in [9.17, 15) is 9.59 Å². The van der Waals surface area contributed by atoms with Crippen molar-refractivity contribution in [2.45, 2.75) is 26.3 Å². The zero-order valence-electron chi connectivity index (χ0n) is 8.34. The summed E-state index contributed by atoms with van der Waals surface area (Å²) in [5, 5.41) is 2.65. The Labute approximate surface area is 77.6 Å². The smallest absolute Gasteiger partial charge is 0.320 e. The zero-order chi connectivity index (χ0) is 10.2. The Morgan fingerprint density at radius 2 is 2.08 bits per heavy atom. The number of hydrogen-bond acceptors (Lipinski definition) is 2. The molecule has 3 amide bonds. The molecule has 1 atom stereocenters. The summed E-state index contributed by atoms with van der Waals surface area (Å²) in [4.78, 5) is 23.9. The highest BCUT2D eigenvalue weighted by Crippen LogP contribution is 2.23. The van der Waals surface area contributed by atoms with Crippen LogP contribution in [-0.4, -0.2) is 29.4 Å². The number of amides is 3. The lowest BCUT2D eigenvalue weighted by Gasteiger charge is -2.21. The quantitative estimate of drug-likeness (QED) is 0.483. The van der Waals surface area contributed by atoms with Gasteiger partial charge in [-0.15, -0.1) is 0 Å². The van der Waals surface area contributed by atoms with E-state index in [0.717, 1.165) is 10.5 Å². The van der Waals surface area contributed by atoms with Gasteiger partial charge < -0.3 is 5.32 Å². The van der Waals surface area contributed by atoms with Gasteiger partial charge in [-0.05, 0) is 26.3 Å². The second kappa shape index (κ2) is 2.87. The van der Waals surface area contributed by atoms with Crippen LogP contribution in [-0.2, 0) is 4.79 Å². The van der Waals surface area contributed by atoms with E-state index in [0.29, 0.717) is 0 Å². The van der Waals surface area contributed by atoms with Gasteiger partial charge in [-0.2, -0.15) is 0 Å². The van der Waals surface area contributed by atoms with Gasteiger partial charge in [0.25, 0.3) is 5.91 Å². The maximum absolute atomic E-state index is 11.6. The third-order valence-corrected chi connectivity index (χ3v) is 2.62. The van der Waals surface area contributed by atoms with Crippen molar-refractivity contribution >= 4 is 11.9 Å². The number of urea groups is 1. The average Bonchev–Trinajstić information content (AvgIpc) is 2.30. The number of nitrogens with one attached hydrogen (secondary N) is 1. The summed E-state index contributed by atoms with van der Waals surface area (Å²) in [6.45, 7) is 5.39. The van der Waals surface area contributed by atoms with E-state index in [4.69, 9.17) is 0 Å². The second-order valence-electron chi connectivity index (χ2n) is 3.39. The third-order valence-electron chi connectivity index (χ3n) is 2.62. The van der Waals surface area contributed by atoms with Crippen LogP contribution in [0.5, 0.6) is 0 Å². The molecule has 0 aromatic carbocycles. The molecule has 1 saturated heterocycles. The van der Waals surface area contributed by atoms with Crippen molar-refractivity contribution in [1.82, 2.24) is 10.2 Å². The molecule has 4 heteroatoms. The molecule has 1 fully saturated rings. The molecule has 1 aliphatic rings. The Hall–Kier alpha value is -1.32. The Morgan fingerprint density at radius 3 is 2.38 bits per heavy atom. The van der Waals surface area contributed by atoms with Crippen LogP contribution < -0.4 is 5.32 Å². The van der Waals surface area contributed by atoms with Crippen molar-refractivity contribution in [3.63, 3.8) is 0 Å². The fourth-order valence-corrected chi connectivity index (χ4v) is 1.33. The van der Waals surface area contributed by atoms with Crippen molar-refractivity contribution in [1.29, 1.82) is 0 Å². The molecule has 0 bridgehead atoms. The fraction of sp³-hybridized carbons (Fsp3) is 0.556. The molecule has 13 heavy (non-hydrogen) atoms. The third kappa shape index (κ3) is 1.22. The Bertz CT molecular complexity index is 296. The monoisotopic (exact) mass is 182 g/mol. The minimum atomic E-state index is -0.847. The van der Waals surface area contributed by atoms with Crippen LogP contribution in [0.1, 0.15) is 20.8 Å². The molecule has 0 saturated carbocycles. The zero-order valence-corrected chi connectivity index (χ0v) is 8.34. The second-order valence-corrected chi connectivity index (χ2v) is 3.39. The summed E-state index contributed by atoms with van der Waals surface area (Å²) in [5.74, 6) is -0.201. The lowest BCUT2D eigenvalue weighted by Crippen LogP contribution is -2.44. The number of allylic oxidation sites excluding steroid dienone is 1. The van der Waals surface area contributed by atoms with Crippen LogP contribution >= 0.6 is 0 Å². The largest absolute Gasteiger partial charge is 0.325 e. The minimum Gasteiger partial charge on any atom is -0.320 e. The molecule has 0 aromatic rings. The van der Waals surface area contributed by atoms with Gasteiger partial charge in [0, 0.05) is 7.05 Å². The van der Waals surface area contributed by atoms with Crippen molar-refractivity contribution in [2.75, 3.05) is 7.05 Å². The van der Waals surface area contributed by atoms with Crippen LogP contribution in [0.15, 0.2) is 11.6 Å². The molecule has 0 aliphatic carbocycles. The van der Waals surface area contributed by atoms with Crippen LogP contribution in [0.4, 0.5) is 4.79 Å². The van der Waals surface area contributed by atoms with E-state index in [1.807, 2.05) is 19.9 Å². The van der Waals surface area contributed by atoms with E-state index >= 15 is 0 Å². The summed E-state index contributed by atoms with van der Waals surface area (Å²) in [7, 11) is 1.48. The topological polar surface area (TPSA) is 49.4 Å². The molecule has 0 spiro atoms. The number of nitrogens with zero attached hydrogens (tertiary/aromatic N) is 1. The molecule has 0 radical (unpaired) electrons. The Kier molecular flexibility index (Phi) is 2.15. The molecule has 1 N–H and O–H groups in total. The molecular formula is C9H14N2O2. The van der Waals surface area contributed by atoms with Gasteiger partial charge in [-0.1, -0.05) is 6.08 Å². The Morgan fingerprint density at radius 1 is 1.54 bits per heavy atom. The first-order chi connectivity index (χ1) is 5.93. The fourth-order valence-electron chi connectivity index (χ4n) is 1.33. The van der Waals surface area contributed by atoms with E-state index < -0.39 is 5.54 Å². The van der Waals surface area contributed by atoms with Crippen LogP contribution in [0.3, 0.4) is 0 Å². The van der Waals surface area contributed by atoms with Crippen molar-refractivity contribution in [3.8, 4) is 0 Å². The number of carbonyl (C=O) groups is 2. The van der Waals surface area contributed by atoms with Crippen molar-refractivity contribution in [3.05, 3.63) is 11.6 Å². The highest BCUT2D eigenvalue weighted by molar-refractivity contribution is 6.08. The molecule has 72 valence electrons. The molecule has 1 rings (SSSR count). The average molecular weight is 182 g/mol. The molecule has 4 nitrogen and oxygen atoms in total. The lowest BCUT2D eigenvalue weighted by atomic mass is 9.93. The molecule has 1 aliphatic heterocycles. The van der Waals surface area contributed by atoms with E-state index in [-0.39, 0.29) is 11.9 Å². The van der Waals surface area contributed by atoms with Gasteiger partial charge in [0.15, 0.2) is 0 Å². The van der Waals surface area contributed by atoms with Gasteiger partial charge in [0.05, 0.1) is 0 Å². The SMILES string of the molecule is C/C=C(\C)C1(C)NC(=O)N(C)C1=O. The lowest BCUT2D eigenvalue weighted by molar-refractivity contribution is -0.128. The number of likely N-dealkylation sites (N-methyl/N-ethyl adjacent to an activating group) is 1. The van der Waals surface area contributed by atoms with Gasteiger partial charge in [-0.25, -0.2) is 4.79 Å². The number of rotatable bonds is 1. The summed E-state index contributed by atoms with van der Waals surface area (Å²) < 4.78 is 0. The first kappa shape index (κ1) is 9.77. The number of imide groups is 1. The van der Waals surface area contributed by atoms with Crippen LogP contribution in [0.2, 0.25) is 0 Å². The van der Waals surface area contributed by atoms with Gasteiger partial charge in [-0.3, -0.25) is 9.69 Å². The van der Waals surface area contributed by atoms with E-state index in [2.05, 4.69) is 5.32 Å². The molecular weight excluding hydrogens is 168 g/mol. The summed E-state index contributed by atoms with van der Waals surface area (Å²) in [6.07, 6.45) is 1.83. The van der Waals surface area contributed by atoms with Gasteiger partial charge >= 0.3 is 6.03 Å². The highest BCUT2D eigenvalue weighted by Gasteiger charge is 2.46. The molecule has 1 heterocycles. The minimum absolute atomic E-state index is 0.201. The predicted octanol–water partition coefficient (Wildman–Crippen LogP) is 0.893. The standard InChI is InChI=1S/C9H14N2O2/c1-5-6(2)9(3)7(12)11(4)8(13)10-9/h5H,1-4H3,(H,10,13)/b6-5+. The van der Waals surface area contributed by atoms with Crippen molar-refractivity contribution < 1.29 is 9.59 Å². The van der Waals surface area contributed by atoms with Crippen LogP contribution in [0, 0.1) is 0 Å². The van der Waals surface area contributed by atoms with E-state index in [1.165, 1.54) is 7.05 Å². The highest BCUT2D eigenvalue weighted by atomic mass is 16.2. The summed E-state index contributed by atoms with van der Waals surface area (Å²) >= 11 is 0. The number of carbonyl (C=O) groups excluding carboxylic acids is 2. The van der Waals surface area contributed by atoms with E-state index in [1.54, 1.807) is 6.92 Å². The first-order valence-corrected chi connectivity index (χ1v) is 4.17. The van der Waals surface area contributed by atoms with Gasteiger partial charge in [0.1, 0.15) is 5.54 Å². The number of hydrogen-bond donors (Lipinski definition) is 1. The predicted molar refractivity (Wildman–Crippen MR) is 49.1 cm³/mol. The maximum Gasteiger partial charge on any atom is 0.325 e. The van der Waals surface area contributed by atoms with Crippen LogP contribution in [0.25, 0.3) is 0 Å². The van der Waals surface area contributed by atoms with Crippen molar-refractivity contribution in [2.24, 2.45) is 0 Å². The first-order valence-electron chi connectivity index (χ1n) is 4.17. The summed E-state index contributed by atoms with van der Waals surface area (Å²) in [6, 6.07) is -0.339. The summed E-state index contributed by atoms with van der Waals surface area (Å²) in [5.41, 5.74) is 0.0100.